The molecule has 6 nitrogen and oxygen atoms in total. The highest BCUT2D eigenvalue weighted by molar-refractivity contribution is 7.80. The molecule has 2 N–H and O–H groups in total. The first-order valence-corrected chi connectivity index (χ1v) is 8.61. The third kappa shape index (κ3) is 3.43. The second-order valence-corrected chi connectivity index (χ2v) is 6.47. The maximum Gasteiger partial charge on any atom is 0.169 e. The average molecular weight is 352 g/mol. The number of ether oxygens (including phenoxy) is 3. The van der Waals surface area contributed by atoms with Crippen LogP contribution in [0, 0.1) is 0 Å². The lowest BCUT2D eigenvalue weighted by Crippen LogP contribution is -2.46. The third-order valence-corrected chi connectivity index (χ3v) is 4.98. The number of rotatable bonds is 4. The molecule has 2 atom stereocenters. The van der Waals surface area contributed by atoms with Gasteiger partial charge in [0.1, 0.15) is 17.6 Å². The van der Waals surface area contributed by atoms with Crippen molar-refractivity contribution in [1.29, 1.82) is 0 Å². The molecule has 0 aromatic heterocycles. The van der Waals surface area contributed by atoms with Crippen molar-refractivity contribution >= 4 is 17.3 Å². The van der Waals surface area contributed by atoms with Crippen molar-refractivity contribution in [2.24, 2.45) is 0 Å². The molecule has 2 aliphatic heterocycles. The molecule has 1 aromatic carbocycles. The molecule has 0 amide bonds. The number of hydrogen-bond donors (Lipinski definition) is 2. The number of fused-ring (bicyclic) bond motifs is 1. The van der Waals surface area contributed by atoms with Gasteiger partial charge in [0.15, 0.2) is 5.11 Å². The Kier molecular flexibility index (Phi) is 5.43. The maximum absolute atomic E-state index is 10.6. The molecule has 0 unspecified atom stereocenters. The van der Waals surface area contributed by atoms with Crippen LogP contribution in [-0.2, 0) is 11.3 Å². The first-order chi connectivity index (χ1) is 11.6. The highest BCUT2D eigenvalue weighted by Crippen LogP contribution is 2.39. The summed E-state index contributed by atoms with van der Waals surface area (Å²) < 4.78 is 16.5. The molecule has 0 saturated carbocycles. The van der Waals surface area contributed by atoms with Gasteiger partial charge < -0.3 is 29.5 Å². The van der Waals surface area contributed by atoms with Crippen molar-refractivity contribution in [3.8, 4) is 11.5 Å². The summed E-state index contributed by atoms with van der Waals surface area (Å²) in [4.78, 5) is 1.96. The summed E-state index contributed by atoms with van der Waals surface area (Å²) in [6.07, 6.45) is 1.71. The van der Waals surface area contributed by atoms with Gasteiger partial charge in [-0.1, -0.05) is 0 Å². The first-order valence-electron chi connectivity index (χ1n) is 8.20. The minimum absolute atomic E-state index is 0.222. The van der Waals surface area contributed by atoms with Crippen molar-refractivity contribution in [2.75, 3.05) is 33.9 Å². The second-order valence-electron chi connectivity index (χ2n) is 6.08. The second kappa shape index (κ2) is 7.55. The Morgan fingerprint density at radius 3 is 2.79 bits per heavy atom. The fraction of sp³-hybridized carbons (Fsp3) is 0.588. The Labute approximate surface area is 147 Å². The van der Waals surface area contributed by atoms with E-state index in [1.807, 2.05) is 17.0 Å². The van der Waals surface area contributed by atoms with Crippen molar-refractivity contribution in [3.05, 3.63) is 23.3 Å². The molecule has 1 saturated heterocycles. The molecular formula is C17H24N2O4S. The lowest BCUT2D eigenvalue weighted by Gasteiger charge is -2.35. The first kappa shape index (κ1) is 17.3. The number of benzene rings is 1. The Balaban J connectivity index is 1.74. The van der Waals surface area contributed by atoms with Gasteiger partial charge in [0.2, 0.25) is 0 Å². The molecule has 7 heteroatoms. The lowest BCUT2D eigenvalue weighted by atomic mass is 9.95. The number of aliphatic hydroxyl groups is 1. The van der Waals surface area contributed by atoms with Crippen LogP contribution >= 0.6 is 12.2 Å². The number of nitrogens with one attached hydrogen (secondary N) is 1. The lowest BCUT2D eigenvalue weighted by molar-refractivity contribution is 0.109. The van der Waals surface area contributed by atoms with Crippen LogP contribution in [0.1, 0.15) is 30.1 Å². The fourth-order valence-electron chi connectivity index (χ4n) is 3.35. The molecule has 3 rings (SSSR count). The summed E-state index contributed by atoms with van der Waals surface area (Å²) in [6.45, 7) is 2.53. The molecule has 1 fully saturated rings. The van der Waals surface area contributed by atoms with Gasteiger partial charge >= 0.3 is 0 Å². The summed E-state index contributed by atoms with van der Waals surface area (Å²) >= 11 is 5.51. The zero-order valence-corrected chi connectivity index (χ0v) is 14.9. The molecule has 0 aliphatic carbocycles. The Morgan fingerprint density at radius 2 is 2.12 bits per heavy atom. The van der Waals surface area contributed by atoms with Gasteiger partial charge in [-0.05, 0) is 37.2 Å². The van der Waals surface area contributed by atoms with E-state index in [-0.39, 0.29) is 6.10 Å². The van der Waals surface area contributed by atoms with E-state index in [1.54, 1.807) is 14.2 Å². The number of β-amino-alcohol motifs (C(OH)–C–C–N with tert-alkyl or cyclic N) is 1. The molecule has 0 spiro atoms. The van der Waals surface area contributed by atoms with E-state index in [1.165, 1.54) is 0 Å². The van der Waals surface area contributed by atoms with Crippen LogP contribution in [0.4, 0.5) is 0 Å². The Bertz CT molecular complexity index is 604. The summed E-state index contributed by atoms with van der Waals surface area (Å²) in [6, 6.07) is 3.68. The standard InChI is InChI=1S/C17H24N2O4S/c1-21-14-5-6-15(22-2)16-12(14)9-19(10-13(16)20)17(24)18-8-11-4-3-7-23-11/h5-6,11,13,20H,3-4,7-10H2,1-2H3,(H,18,24)/t11-,13-/m0/s1. The summed E-state index contributed by atoms with van der Waals surface area (Å²) in [5.74, 6) is 1.41. The highest BCUT2D eigenvalue weighted by Gasteiger charge is 2.31. The van der Waals surface area contributed by atoms with Gasteiger partial charge in [0, 0.05) is 30.8 Å². The summed E-state index contributed by atoms with van der Waals surface area (Å²) in [7, 11) is 3.23. The Morgan fingerprint density at radius 1 is 1.38 bits per heavy atom. The molecule has 1 aromatic rings. The van der Waals surface area contributed by atoms with Gasteiger partial charge in [0.05, 0.1) is 26.9 Å². The number of hydrogen-bond acceptors (Lipinski definition) is 5. The van der Waals surface area contributed by atoms with E-state index >= 15 is 0 Å². The van der Waals surface area contributed by atoms with Crippen LogP contribution in [0.5, 0.6) is 11.5 Å². The van der Waals surface area contributed by atoms with Crippen LogP contribution < -0.4 is 14.8 Å². The van der Waals surface area contributed by atoms with Crippen LogP contribution in [0.15, 0.2) is 12.1 Å². The minimum Gasteiger partial charge on any atom is -0.496 e. The van der Waals surface area contributed by atoms with Crippen molar-refractivity contribution in [2.45, 2.75) is 31.6 Å². The molecular weight excluding hydrogens is 328 g/mol. The van der Waals surface area contributed by atoms with Crippen LogP contribution in [0.3, 0.4) is 0 Å². The Hall–Kier alpha value is -1.57. The molecule has 0 bridgehead atoms. The molecule has 24 heavy (non-hydrogen) atoms. The summed E-state index contributed by atoms with van der Waals surface area (Å²) in [5, 5.41) is 14.5. The number of nitrogens with zero attached hydrogens (tertiary/aromatic N) is 1. The highest BCUT2D eigenvalue weighted by atomic mass is 32.1. The SMILES string of the molecule is COc1ccc(OC)c2c1CN(C(=S)NC[C@@H]1CCCO1)C[C@@H]2O. The molecule has 0 radical (unpaired) electrons. The van der Waals surface area contributed by atoms with E-state index in [0.717, 1.165) is 36.3 Å². The smallest absolute Gasteiger partial charge is 0.169 e. The quantitative estimate of drug-likeness (QED) is 0.798. The van der Waals surface area contributed by atoms with Crippen molar-refractivity contribution in [3.63, 3.8) is 0 Å². The van der Waals surface area contributed by atoms with Crippen LogP contribution in [0.2, 0.25) is 0 Å². The molecule has 2 heterocycles. The van der Waals surface area contributed by atoms with E-state index in [4.69, 9.17) is 26.4 Å². The van der Waals surface area contributed by atoms with Crippen molar-refractivity contribution < 1.29 is 19.3 Å². The maximum atomic E-state index is 10.6. The predicted molar refractivity (Wildman–Crippen MR) is 94.5 cm³/mol. The topological polar surface area (TPSA) is 63.2 Å². The van der Waals surface area contributed by atoms with Gasteiger partial charge in [-0.15, -0.1) is 0 Å². The zero-order chi connectivity index (χ0) is 17.1. The van der Waals surface area contributed by atoms with Crippen molar-refractivity contribution in [1.82, 2.24) is 10.2 Å². The van der Waals surface area contributed by atoms with Gasteiger partial charge in [-0.2, -0.15) is 0 Å². The van der Waals surface area contributed by atoms with E-state index < -0.39 is 6.10 Å². The predicted octanol–water partition coefficient (Wildman–Crippen LogP) is 1.61. The van der Waals surface area contributed by atoms with E-state index in [9.17, 15) is 5.11 Å². The van der Waals surface area contributed by atoms with E-state index in [0.29, 0.717) is 30.5 Å². The van der Waals surface area contributed by atoms with E-state index in [2.05, 4.69) is 5.32 Å². The summed E-state index contributed by atoms with van der Waals surface area (Å²) in [5.41, 5.74) is 1.70. The number of thiocarbonyl (C=S) groups is 1. The van der Waals surface area contributed by atoms with Gasteiger partial charge in [0.25, 0.3) is 0 Å². The average Bonchev–Trinajstić information content (AvgIpc) is 3.12. The minimum atomic E-state index is -0.679. The molecule has 2 aliphatic rings. The molecule has 132 valence electrons. The largest absolute Gasteiger partial charge is 0.496 e. The fourth-order valence-corrected chi connectivity index (χ4v) is 3.57. The third-order valence-electron chi connectivity index (χ3n) is 4.58. The monoisotopic (exact) mass is 352 g/mol. The zero-order valence-electron chi connectivity index (χ0n) is 14.1. The van der Waals surface area contributed by atoms with Crippen LogP contribution in [0.25, 0.3) is 0 Å². The number of methoxy groups -OCH3 is 2. The number of aliphatic hydroxyl groups excluding tert-OH is 1. The van der Waals surface area contributed by atoms with Crippen LogP contribution in [-0.4, -0.2) is 55.1 Å². The van der Waals surface area contributed by atoms with Gasteiger partial charge in [-0.3, -0.25) is 0 Å². The van der Waals surface area contributed by atoms with Gasteiger partial charge in [-0.25, -0.2) is 0 Å². The normalized spacial score (nSPS) is 22.9.